The van der Waals surface area contributed by atoms with Crippen molar-refractivity contribution in [1.82, 2.24) is 4.98 Å². The van der Waals surface area contributed by atoms with Gasteiger partial charge in [0.25, 0.3) is 0 Å². The number of carbonyl (C=O) groups is 1. The molecule has 0 radical (unpaired) electrons. The molecule has 74 valence electrons. The number of halogens is 2. The maximum Gasteiger partial charge on any atom is 0.338 e. The predicted molar refractivity (Wildman–Crippen MR) is 55.9 cm³/mol. The smallest absolute Gasteiger partial charge is 0.338 e. The van der Waals surface area contributed by atoms with Gasteiger partial charge in [-0.3, -0.25) is 0 Å². The summed E-state index contributed by atoms with van der Waals surface area (Å²) in [5.41, 5.74) is 0.919. The third kappa shape index (κ3) is 1.77. The Morgan fingerprint density at radius 2 is 2.29 bits per heavy atom. The number of hydrogen-bond acceptors (Lipinski definition) is 2. The average Bonchev–Trinajstić information content (AvgIpc) is 2.91. The molecule has 2 rings (SSSR count). The predicted octanol–water partition coefficient (Wildman–Crippen LogP) is 3.07. The molecule has 0 bridgehead atoms. The molecule has 1 aliphatic rings. The summed E-state index contributed by atoms with van der Waals surface area (Å²) in [4.78, 5) is 14.8. The molecule has 0 aliphatic heterocycles. The number of rotatable bonds is 2. The van der Waals surface area contributed by atoms with Crippen molar-refractivity contribution in [3.05, 3.63) is 26.9 Å². The van der Waals surface area contributed by atoms with Gasteiger partial charge in [-0.2, -0.15) is 0 Å². The topological polar surface area (TPSA) is 50.2 Å². The van der Waals surface area contributed by atoms with Crippen LogP contribution in [-0.4, -0.2) is 16.1 Å². The fraction of sp³-hybridized carbons (Fsp3) is 0.333. The lowest BCUT2D eigenvalue weighted by atomic mass is 10.2. The minimum absolute atomic E-state index is 0.0444. The first-order chi connectivity index (χ1) is 6.59. The fourth-order valence-electron chi connectivity index (χ4n) is 1.27. The van der Waals surface area contributed by atoms with E-state index in [4.69, 9.17) is 16.7 Å². The highest BCUT2D eigenvalue weighted by Crippen LogP contribution is 2.43. The highest BCUT2D eigenvalue weighted by atomic mass is 79.9. The normalized spacial score (nSPS) is 15.6. The van der Waals surface area contributed by atoms with Crippen molar-refractivity contribution in [2.75, 3.05) is 0 Å². The average molecular weight is 277 g/mol. The van der Waals surface area contributed by atoms with Crippen molar-refractivity contribution >= 4 is 33.5 Å². The van der Waals surface area contributed by atoms with Crippen molar-refractivity contribution in [2.45, 2.75) is 18.8 Å². The second-order valence-corrected chi connectivity index (χ2v) is 4.49. The van der Waals surface area contributed by atoms with Crippen molar-refractivity contribution in [3.8, 4) is 0 Å². The summed E-state index contributed by atoms with van der Waals surface area (Å²) in [5.74, 6) is -0.602. The van der Waals surface area contributed by atoms with Crippen molar-refractivity contribution in [1.29, 1.82) is 0 Å². The van der Waals surface area contributed by atoms with E-state index in [1.165, 1.54) is 6.07 Å². The number of aromatic carboxylic acids is 1. The minimum atomic E-state index is -1.05. The molecule has 1 N–H and O–H groups in total. The molecule has 0 aromatic carbocycles. The maximum absolute atomic E-state index is 10.7. The Hall–Kier alpha value is -0.610. The summed E-state index contributed by atoms with van der Waals surface area (Å²) in [6.07, 6.45) is 2.21. The minimum Gasteiger partial charge on any atom is -0.478 e. The Bertz CT molecular complexity index is 404. The van der Waals surface area contributed by atoms with Crippen LogP contribution in [0, 0.1) is 0 Å². The Morgan fingerprint density at radius 1 is 1.64 bits per heavy atom. The molecule has 1 aliphatic carbocycles. The zero-order valence-electron chi connectivity index (χ0n) is 7.13. The molecule has 1 aromatic heterocycles. The first kappa shape index (κ1) is 9.93. The van der Waals surface area contributed by atoms with Gasteiger partial charge >= 0.3 is 5.97 Å². The van der Waals surface area contributed by atoms with E-state index in [-0.39, 0.29) is 10.7 Å². The molecule has 14 heavy (non-hydrogen) atoms. The van der Waals surface area contributed by atoms with Gasteiger partial charge < -0.3 is 5.11 Å². The van der Waals surface area contributed by atoms with Gasteiger partial charge in [0.15, 0.2) is 0 Å². The molecule has 3 nitrogen and oxygen atoms in total. The van der Waals surface area contributed by atoms with E-state index in [9.17, 15) is 4.79 Å². The highest BCUT2D eigenvalue weighted by Gasteiger charge is 2.28. The van der Waals surface area contributed by atoms with Gasteiger partial charge in [0.2, 0.25) is 0 Å². The number of nitrogens with zero attached hydrogens (tertiary/aromatic N) is 1. The van der Waals surface area contributed by atoms with Crippen LogP contribution in [0.15, 0.2) is 10.5 Å². The van der Waals surface area contributed by atoms with Gasteiger partial charge in [0.05, 0.1) is 11.3 Å². The zero-order valence-corrected chi connectivity index (χ0v) is 9.47. The number of hydrogen-bond donors (Lipinski definition) is 1. The number of carboxylic acids is 1. The molecule has 1 heterocycles. The third-order valence-electron chi connectivity index (χ3n) is 2.15. The quantitative estimate of drug-likeness (QED) is 0.845. The standard InChI is InChI=1S/C9H7BrClNO2/c10-6-3-5(9(13)14)8(11)12-7(6)4-1-2-4/h3-4H,1-2H2,(H,13,14). The Labute approximate surface area is 94.2 Å². The molecular weight excluding hydrogens is 269 g/mol. The van der Waals surface area contributed by atoms with Crippen LogP contribution in [0.2, 0.25) is 5.15 Å². The van der Waals surface area contributed by atoms with E-state index in [0.29, 0.717) is 5.92 Å². The molecule has 0 atom stereocenters. The maximum atomic E-state index is 10.7. The molecule has 1 fully saturated rings. The lowest BCUT2D eigenvalue weighted by Crippen LogP contribution is -2.01. The van der Waals surface area contributed by atoms with Gasteiger partial charge in [-0.25, -0.2) is 9.78 Å². The van der Waals surface area contributed by atoms with Gasteiger partial charge in [-0.15, -0.1) is 0 Å². The lowest BCUT2D eigenvalue weighted by Gasteiger charge is -2.04. The monoisotopic (exact) mass is 275 g/mol. The summed E-state index contributed by atoms with van der Waals surface area (Å²) < 4.78 is 0.738. The number of carboxylic acid groups (broad SMARTS) is 1. The molecule has 0 spiro atoms. The van der Waals surface area contributed by atoms with Crippen molar-refractivity contribution < 1.29 is 9.90 Å². The van der Waals surface area contributed by atoms with E-state index >= 15 is 0 Å². The second kappa shape index (κ2) is 3.51. The number of aromatic nitrogens is 1. The first-order valence-corrected chi connectivity index (χ1v) is 5.36. The van der Waals surface area contributed by atoms with E-state index in [1.54, 1.807) is 0 Å². The van der Waals surface area contributed by atoms with E-state index < -0.39 is 5.97 Å². The van der Waals surface area contributed by atoms with Crippen LogP contribution >= 0.6 is 27.5 Å². The van der Waals surface area contributed by atoms with Crippen LogP contribution < -0.4 is 0 Å². The molecule has 0 unspecified atom stereocenters. The molecule has 0 amide bonds. The fourth-order valence-corrected chi connectivity index (χ4v) is 2.14. The van der Waals surface area contributed by atoms with Gasteiger partial charge in [0, 0.05) is 10.4 Å². The molecule has 5 heteroatoms. The van der Waals surface area contributed by atoms with Crippen molar-refractivity contribution in [2.24, 2.45) is 0 Å². The van der Waals surface area contributed by atoms with Crippen LogP contribution in [0.3, 0.4) is 0 Å². The molecule has 0 saturated heterocycles. The Balaban J connectivity index is 2.48. The summed E-state index contributed by atoms with van der Waals surface area (Å²) >= 11 is 9.06. The highest BCUT2D eigenvalue weighted by molar-refractivity contribution is 9.10. The zero-order chi connectivity index (χ0) is 10.3. The van der Waals surface area contributed by atoms with E-state index in [0.717, 1.165) is 23.0 Å². The van der Waals surface area contributed by atoms with Gasteiger partial charge in [0.1, 0.15) is 5.15 Å². The number of pyridine rings is 1. The third-order valence-corrected chi connectivity index (χ3v) is 3.07. The van der Waals surface area contributed by atoms with E-state index in [1.807, 2.05) is 0 Å². The van der Waals surface area contributed by atoms with Crippen LogP contribution in [-0.2, 0) is 0 Å². The van der Waals surface area contributed by atoms with Crippen LogP contribution in [0.5, 0.6) is 0 Å². The summed E-state index contributed by atoms with van der Waals surface area (Å²) in [5, 5.41) is 8.86. The van der Waals surface area contributed by atoms with E-state index in [2.05, 4.69) is 20.9 Å². The van der Waals surface area contributed by atoms with Crippen molar-refractivity contribution in [3.63, 3.8) is 0 Å². The van der Waals surface area contributed by atoms with Gasteiger partial charge in [-0.05, 0) is 34.8 Å². The molecule has 1 saturated carbocycles. The Kier molecular flexibility index (Phi) is 2.49. The van der Waals surface area contributed by atoms with Crippen LogP contribution in [0.1, 0.15) is 34.8 Å². The summed E-state index contributed by atoms with van der Waals surface area (Å²) in [6, 6.07) is 1.52. The second-order valence-electron chi connectivity index (χ2n) is 3.27. The largest absolute Gasteiger partial charge is 0.478 e. The Morgan fingerprint density at radius 3 is 2.79 bits per heavy atom. The SMILES string of the molecule is O=C(O)c1cc(Br)c(C2CC2)nc1Cl. The van der Waals surface area contributed by atoms with Gasteiger partial charge in [-0.1, -0.05) is 11.6 Å². The lowest BCUT2D eigenvalue weighted by molar-refractivity contribution is 0.0696. The van der Waals surface area contributed by atoms with Crippen LogP contribution in [0.25, 0.3) is 0 Å². The first-order valence-electron chi connectivity index (χ1n) is 4.19. The summed E-state index contributed by atoms with van der Waals surface area (Å²) in [7, 11) is 0. The summed E-state index contributed by atoms with van der Waals surface area (Å²) in [6.45, 7) is 0. The molecule has 1 aromatic rings. The molecular formula is C9H7BrClNO2. The van der Waals surface area contributed by atoms with Crippen LogP contribution in [0.4, 0.5) is 0 Å².